The molecule has 3 rings (SSSR count). The summed E-state index contributed by atoms with van der Waals surface area (Å²) in [7, 11) is 0. The van der Waals surface area contributed by atoms with E-state index < -0.39 is 11.6 Å². The lowest BCUT2D eigenvalue weighted by Gasteiger charge is -2.22. The molecule has 0 aliphatic carbocycles. The molecule has 166 valence electrons. The SMILES string of the molecule is CC(c1ccccc1)n1nnc([C@@H](COCc2ccccc2)NC(=O)C(C)(C)N)n1.Cl. The molecule has 0 spiro atoms. The van der Waals surface area contributed by atoms with Crippen molar-refractivity contribution < 1.29 is 9.53 Å². The zero-order valence-corrected chi connectivity index (χ0v) is 18.7. The molecule has 0 aliphatic heterocycles. The van der Waals surface area contributed by atoms with E-state index >= 15 is 0 Å². The second kappa shape index (κ2) is 11.0. The third-order valence-corrected chi connectivity index (χ3v) is 4.67. The molecular weight excluding hydrogens is 416 g/mol. The fraction of sp³-hybridized carbons (Fsp3) is 0.364. The van der Waals surface area contributed by atoms with Gasteiger partial charge in [0.15, 0.2) is 5.82 Å². The smallest absolute Gasteiger partial charge is 0.240 e. The van der Waals surface area contributed by atoms with Crippen LogP contribution in [-0.2, 0) is 16.1 Å². The van der Waals surface area contributed by atoms with Crippen molar-refractivity contribution in [1.29, 1.82) is 0 Å². The van der Waals surface area contributed by atoms with Crippen molar-refractivity contribution in [1.82, 2.24) is 25.5 Å². The Morgan fingerprint density at radius 2 is 1.74 bits per heavy atom. The van der Waals surface area contributed by atoms with E-state index in [4.69, 9.17) is 10.5 Å². The van der Waals surface area contributed by atoms with Gasteiger partial charge < -0.3 is 15.8 Å². The van der Waals surface area contributed by atoms with Crippen LogP contribution in [0.3, 0.4) is 0 Å². The van der Waals surface area contributed by atoms with E-state index in [-0.39, 0.29) is 31.0 Å². The number of halogens is 1. The second-order valence-corrected chi connectivity index (χ2v) is 7.80. The first-order valence-electron chi connectivity index (χ1n) is 9.90. The van der Waals surface area contributed by atoms with Gasteiger partial charge in [-0.1, -0.05) is 60.7 Å². The van der Waals surface area contributed by atoms with Crippen LogP contribution in [0.15, 0.2) is 60.7 Å². The highest BCUT2D eigenvalue weighted by Crippen LogP contribution is 2.17. The van der Waals surface area contributed by atoms with Crippen molar-refractivity contribution in [3.63, 3.8) is 0 Å². The van der Waals surface area contributed by atoms with Crippen molar-refractivity contribution in [2.45, 2.75) is 45.0 Å². The molecule has 0 saturated carbocycles. The number of hydrogen-bond donors (Lipinski definition) is 2. The summed E-state index contributed by atoms with van der Waals surface area (Å²) in [4.78, 5) is 14.0. The normalized spacial score (nSPS) is 13.2. The van der Waals surface area contributed by atoms with E-state index in [1.54, 1.807) is 13.8 Å². The number of tetrazole rings is 1. The molecule has 3 N–H and O–H groups in total. The lowest BCUT2D eigenvalue weighted by molar-refractivity contribution is -0.126. The lowest BCUT2D eigenvalue weighted by Crippen LogP contribution is -2.50. The summed E-state index contributed by atoms with van der Waals surface area (Å²) in [6, 6.07) is 19.0. The molecule has 0 fully saturated rings. The Labute approximate surface area is 188 Å². The number of hydrogen-bond acceptors (Lipinski definition) is 6. The van der Waals surface area contributed by atoms with Crippen LogP contribution in [0.5, 0.6) is 0 Å². The van der Waals surface area contributed by atoms with E-state index in [9.17, 15) is 4.79 Å². The molecule has 8 nitrogen and oxygen atoms in total. The maximum atomic E-state index is 12.5. The Bertz CT molecular complexity index is 943. The van der Waals surface area contributed by atoms with Gasteiger partial charge in [-0.2, -0.15) is 4.80 Å². The van der Waals surface area contributed by atoms with E-state index in [1.807, 2.05) is 67.6 Å². The summed E-state index contributed by atoms with van der Waals surface area (Å²) in [5, 5.41) is 15.7. The maximum Gasteiger partial charge on any atom is 0.240 e. The average Bonchev–Trinajstić information content (AvgIpc) is 3.23. The van der Waals surface area contributed by atoms with E-state index in [0.29, 0.717) is 12.4 Å². The molecule has 1 amide bonds. The van der Waals surface area contributed by atoms with Crippen LogP contribution in [-0.4, -0.2) is 38.3 Å². The van der Waals surface area contributed by atoms with Crippen molar-refractivity contribution in [2.24, 2.45) is 5.73 Å². The number of rotatable bonds is 9. The standard InChI is InChI=1S/C22H28N6O2.ClH/c1-16(18-12-8-5-9-13-18)28-26-20(25-27-28)19(24-21(29)22(2,3)23)15-30-14-17-10-6-4-7-11-17;/h4-13,16,19H,14-15,23H2,1-3H3,(H,24,29);1H/t16?,19-;/m1./s1. The topological polar surface area (TPSA) is 108 Å². The number of nitrogens with zero attached hydrogens (tertiary/aromatic N) is 4. The van der Waals surface area contributed by atoms with Crippen LogP contribution in [0.1, 0.15) is 49.8 Å². The zero-order valence-electron chi connectivity index (χ0n) is 17.9. The Morgan fingerprint density at radius 3 is 2.35 bits per heavy atom. The first-order valence-corrected chi connectivity index (χ1v) is 9.90. The molecule has 0 saturated heterocycles. The Morgan fingerprint density at radius 1 is 1.13 bits per heavy atom. The van der Waals surface area contributed by atoms with Crippen molar-refractivity contribution in [3.8, 4) is 0 Å². The van der Waals surface area contributed by atoms with Gasteiger partial charge in [-0.25, -0.2) is 0 Å². The highest BCUT2D eigenvalue weighted by molar-refractivity contribution is 5.85. The Hall–Kier alpha value is -2.81. The minimum absolute atomic E-state index is 0. The molecule has 2 aromatic carbocycles. The monoisotopic (exact) mass is 444 g/mol. The summed E-state index contributed by atoms with van der Waals surface area (Å²) in [5.41, 5.74) is 7.00. The summed E-state index contributed by atoms with van der Waals surface area (Å²) >= 11 is 0. The molecule has 0 radical (unpaired) electrons. The first-order chi connectivity index (χ1) is 14.3. The molecule has 2 atom stereocenters. The van der Waals surface area contributed by atoms with Crippen LogP contribution in [0.2, 0.25) is 0 Å². The summed E-state index contributed by atoms with van der Waals surface area (Å²) in [6.07, 6.45) is 0. The number of nitrogens with two attached hydrogens (primary N) is 1. The zero-order chi connectivity index (χ0) is 21.6. The van der Waals surface area contributed by atoms with E-state index in [0.717, 1.165) is 11.1 Å². The van der Waals surface area contributed by atoms with E-state index in [1.165, 1.54) is 4.80 Å². The number of ether oxygens (including phenoxy) is 1. The average molecular weight is 445 g/mol. The quantitative estimate of drug-likeness (QED) is 0.525. The second-order valence-electron chi connectivity index (χ2n) is 7.80. The van der Waals surface area contributed by atoms with Gasteiger partial charge in [-0.15, -0.1) is 22.6 Å². The number of benzene rings is 2. The molecule has 1 heterocycles. The number of nitrogens with one attached hydrogen (secondary N) is 1. The fourth-order valence-electron chi connectivity index (χ4n) is 2.80. The van der Waals surface area contributed by atoms with E-state index in [2.05, 4.69) is 20.7 Å². The van der Waals surface area contributed by atoms with Crippen LogP contribution >= 0.6 is 12.4 Å². The van der Waals surface area contributed by atoms with Crippen LogP contribution in [0, 0.1) is 0 Å². The third kappa shape index (κ3) is 6.85. The summed E-state index contributed by atoms with van der Waals surface area (Å²) < 4.78 is 5.83. The first kappa shape index (κ1) is 24.5. The predicted octanol–water partition coefficient (Wildman–Crippen LogP) is 2.82. The molecule has 3 aromatic rings. The van der Waals surface area contributed by atoms with Gasteiger partial charge >= 0.3 is 0 Å². The minimum atomic E-state index is -1.04. The van der Waals surface area contributed by atoms with Crippen molar-refractivity contribution in [3.05, 3.63) is 77.6 Å². The number of carbonyl (C=O) groups is 1. The van der Waals surface area contributed by atoms with Crippen LogP contribution < -0.4 is 11.1 Å². The number of aromatic nitrogens is 4. The van der Waals surface area contributed by atoms with Gasteiger partial charge in [-0.3, -0.25) is 4.79 Å². The van der Waals surface area contributed by atoms with Gasteiger partial charge in [0.05, 0.1) is 24.8 Å². The van der Waals surface area contributed by atoms with Crippen molar-refractivity contribution >= 4 is 18.3 Å². The highest BCUT2D eigenvalue weighted by atomic mass is 35.5. The lowest BCUT2D eigenvalue weighted by atomic mass is 10.1. The van der Waals surface area contributed by atoms with Crippen molar-refractivity contribution in [2.75, 3.05) is 6.61 Å². The number of amides is 1. The van der Waals surface area contributed by atoms with Crippen LogP contribution in [0.25, 0.3) is 0 Å². The molecule has 0 bridgehead atoms. The maximum absolute atomic E-state index is 12.5. The van der Waals surface area contributed by atoms with Gasteiger partial charge in [0, 0.05) is 0 Å². The molecule has 9 heteroatoms. The molecule has 0 aliphatic rings. The predicted molar refractivity (Wildman–Crippen MR) is 121 cm³/mol. The van der Waals surface area contributed by atoms with Gasteiger partial charge in [0.25, 0.3) is 0 Å². The van der Waals surface area contributed by atoms with Gasteiger partial charge in [0.1, 0.15) is 6.04 Å². The molecule has 1 unspecified atom stereocenters. The Balaban J connectivity index is 0.00000341. The number of carbonyl (C=O) groups excluding carboxylic acids is 1. The minimum Gasteiger partial charge on any atom is -0.374 e. The van der Waals surface area contributed by atoms with Gasteiger partial charge in [0.2, 0.25) is 5.91 Å². The van der Waals surface area contributed by atoms with Gasteiger partial charge in [-0.05, 0) is 37.1 Å². The molecule has 31 heavy (non-hydrogen) atoms. The molecular formula is C22H29ClN6O2. The third-order valence-electron chi connectivity index (χ3n) is 4.67. The fourth-order valence-corrected chi connectivity index (χ4v) is 2.80. The van der Waals surface area contributed by atoms with Crippen LogP contribution in [0.4, 0.5) is 0 Å². The summed E-state index contributed by atoms with van der Waals surface area (Å²) in [6.45, 7) is 5.89. The summed E-state index contributed by atoms with van der Waals surface area (Å²) in [5.74, 6) is 0.0618. The highest BCUT2D eigenvalue weighted by Gasteiger charge is 2.28. The Kier molecular flexibility index (Phi) is 8.67. The molecule has 1 aromatic heterocycles. The largest absolute Gasteiger partial charge is 0.374 e.